The fourth-order valence-corrected chi connectivity index (χ4v) is 1.80. The monoisotopic (exact) mass is 263 g/mol. The minimum atomic E-state index is -0.398. The molecule has 2 heterocycles. The summed E-state index contributed by atoms with van der Waals surface area (Å²) in [5, 5.41) is 3.76. The quantitative estimate of drug-likeness (QED) is 0.845. The Hall–Kier alpha value is -2.44. The molecule has 0 aliphatic carbocycles. The molecule has 0 N–H and O–H groups in total. The molecule has 0 saturated carbocycles. The first-order valence-electron chi connectivity index (χ1n) is 5.72. The van der Waals surface area contributed by atoms with Crippen LogP contribution in [-0.4, -0.2) is 34.3 Å². The van der Waals surface area contributed by atoms with Crippen molar-refractivity contribution in [3.8, 4) is 11.4 Å². The molecule has 2 aromatic rings. The van der Waals surface area contributed by atoms with Gasteiger partial charge in [0.05, 0.1) is 6.54 Å². The number of amides is 1. The predicted molar refractivity (Wildman–Crippen MR) is 61.5 cm³/mol. The van der Waals surface area contributed by atoms with E-state index in [2.05, 4.69) is 10.1 Å². The number of hydrogen-bond donors (Lipinski definition) is 0. The zero-order chi connectivity index (χ0) is 13.2. The summed E-state index contributed by atoms with van der Waals surface area (Å²) in [6.07, 6.45) is -0.398. The van der Waals surface area contributed by atoms with Crippen LogP contribution in [0.5, 0.6) is 0 Å². The highest BCUT2D eigenvalue weighted by Gasteiger charge is 2.24. The van der Waals surface area contributed by atoms with Gasteiger partial charge in [0.15, 0.2) is 0 Å². The maximum Gasteiger partial charge on any atom is 0.410 e. The van der Waals surface area contributed by atoms with Gasteiger partial charge in [0.25, 0.3) is 0 Å². The fraction of sp³-hybridized carbons (Fsp3) is 0.250. The van der Waals surface area contributed by atoms with Crippen LogP contribution in [0.2, 0.25) is 0 Å². The Bertz CT molecular complexity index is 614. The van der Waals surface area contributed by atoms with Gasteiger partial charge in [-0.05, 0) is 12.1 Å². The first kappa shape index (κ1) is 11.6. The molecule has 0 unspecified atom stereocenters. The van der Waals surface area contributed by atoms with Crippen molar-refractivity contribution in [2.75, 3.05) is 13.2 Å². The van der Waals surface area contributed by atoms with Crippen molar-refractivity contribution in [1.29, 1.82) is 0 Å². The van der Waals surface area contributed by atoms with Gasteiger partial charge in [0, 0.05) is 5.56 Å². The normalized spacial score (nSPS) is 14.8. The number of rotatable bonds is 3. The highest BCUT2D eigenvalue weighted by Crippen LogP contribution is 2.17. The van der Waals surface area contributed by atoms with Crippen molar-refractivity contribution in [3.63, 3.8) is 0 Å². The van der Waals surface area contributed by atoms with E-state index in [9.17, 15) is 9.18 Å². The molecule has 1 aliphatic rings. The Balaban J connectivity index is 1.78. The van der Waals surface area contributed by atoms with Crippen molar-refractivity contribution in [3.05, 3.63) is 36.0 Å². The molecule has 19 heavy (non-hydrogen) atoms. The Morgan fingerprint density at radius 2 is 2.32 bits per heavy atom. The lowest BCUT2D eigenvalue weighted by Crippen LogP contribution is -2.23. The Morgan fingerprint density at radius 1 is 1.42 bits per heavy atom. The average Bonchev–Trinajstić information content (AvgIpc) is 3.00. The summed E-state index contributed by atoms with van der Waals surface area (Å²) in [5.74, 6) is 0.215. The van der Waals surface area contributed by atoms with Gasteiger partial charge in [0.1, 0.15) is 19.0 Å². The average molecular weight is 263 g/mol. The summed E-state index contributed by atoms with van der Waals surface area (Å²) in [7, 11) is 0. The number of carbonyl (C=O) groups is 1. The molecule has 1 amide bonds. The SMILES string of the molecule is O=C1OCCN1Cc1nc(-c2cccc(F)c2)no1. The summed E-state index contributed by atoms with van der Waals surface area (Å²) in [6, 6.07) is 5.91. The molecule has 7 heteroatoms. The number of nitrogens with zero attached hydrogens (tertiary/aromatic N) is 3. The zero-order valence-corrected chi connectivity index (χ0v) is 9.88. The third kappa shape index (κ3) is 2.40. The van der Waals surface area contributed by atoms with E-state index in [0.717, 1.165) is 0 Å². The molecule has 0 radical (unpaired) electrons. The first-order valence-corrected chi connectivity index (χ1v) is 5.72. The molecular weight excluding hydrogens is 253 g/mol. The number of carbonyl (C=O) groups excluding carboxylic acids is 1. The maximum atomic E-state index is 13.1. The molecule has 3 rings (SSSR count). The van der Waals surface area contributed by atoms with Gasteiger partial charge < -0.3 is 9.26 Å². The number of benzene rings is 1. The topological polar surface area (TPSA) is 68.5 Å². The van der Waals surface area contributed by atoms with E-state index in [4.69, 9.17) is 9.26 Å². The number of aromatic nitrogens is 2. The van der Waals surface area contributed by atoms with Crippen molar-refractivity contribution >= 4 is 6.09 Å². The fourth-order valence-electron chi connectivity index (χ4n) is 1.80. The molecule has 0 bridgehead atoms. The van der Waals surface area contributed by atoms with Crippen LogP contribution in [0.25, 0.3) is 11.4 Å². The summed E-state index contributed by atoms with van der Waals surface area (Å²) in [6.45, 7) is 1.06. The van der Waals surface area contributed by atoms with Gasteiger partial charge in [0.2, 0.25) is 11.7 Å². The van der Waals surface area contributed by atoms with Crippen LogP contribution in [0, 0.1) is 5.82 Å². The second kappa shape index (κ2) is 4.68. The number of ether oxygens (including phenoxy) is 1. The molecule has 1 fully saturated rings. The molecule has 1 saturated heterocycles. The van der Waals surface area contributed by atoms with E-state index in [-0.39, 0.29) is 18.3 Å². The Labute approximate surface area is 107 Å². The Kier molecular flexibility index (Phi) is 2.86. The number of hydrogen-bond acceptors (Lipinski definition) is 5. The van der Waals surface area contributed by atoms with Crippen molar-refractivity contribution in [2.45, 2.75) is 6.54 Å². The van der Waals surface area contributed by atoms with Gasteiger partial charge in [-0.15, -0.1) is 0 Å². The molecule has 6 nitrogen and oxygen atoms in total. The minimum absolute atomic E-state index is 0.196. The number of halogens is 1. The molecule has 1 aromatic heterocycles. The standard InChI is InChI=1S/C12H10FN3O3/c13-9-3-1-2-8(6-9)11-14-10(19-15-11)7-16-4-5-18-12(16)17/h1-3,6H,4-5,7H2. The molecular formula is C12H10FN3O3. The molecule has 0 spiro atoms. The number of cyclic esters (lactones) is 1. The van der Waals surface area contributed by atoms with Gasteiger partial charge >= 0.3 is 6.09 Å². The summed E-state index contributed by atoms with van der Waals surface area (Å²) in [4.78, 5) is 16.9. The molecule has 0 atom stereocenters. The van der Waals surface area contributed by atoms with E-state index >= 15 is 0 Å². The lowest BCUT2D eigenvalue weighted by Gasteiger charge is -2.07. The van der Waals surface area contributed by atoms with Gasteiger partial charge in [-0.2, -0.15) is 4.98 Å². The van der Waals surface area contributed by atoms with Crippen LogP contribution in [0.3, 0.4) is 0 Å². The summed E-state index contributed by atoms with van der Waals surface area (Å²) < 4.78 is 22.9. The molecule has 98 valence electrons. The van der Waals surface area contributed by atoms with E-state index in [0.29, 0.717) is 24.5 Å². The van der Waals surface area contributed by atoms with Gasteiger partial charge in [-0.25, -0.2) is 9.18 Å². The van der Waals surface area contributed by atoms with Crippen molar-refractivity contribution in [1.82, 2.24) is 15.0 Å². The predicted octanol–water partition coefficient (Wildman–Crippen LogP) is 1.83. The van der Waals surface area contributed by atoms with Crippen LogP contribution in [0.1, 0.15) is 5.89 Å². The van der Waals surface area contributed by atoms with Gasteiger partial charge in [-0.1, -0.05) is 17.3 Å². The van der Waals surface area contributed by atoms with Crippen LogP contribution >= 0.6 is 0 Å². The maximum absolute atomic E-state index is 13.1. The molecule has 1 aliphatic heterocycles. The van der Waals surface area contributed by atoms with Crippen LogP contribution in [0.4, 0.5) is 9.18 Å². The van der Waals surface area contributed by atoms with E-state index in [1.807, 2.05) is 0 Å². The van der Waals surface area contributed by atoms with E-state index in [1.54, 1.807) is 12.1 Å². The molecule has 1 aromatic carbocycles. The third-order valence-corrected chi connectivity index (χ3v) is 2.72. The van der Waals surface area contributed by atoms with E-state index in [1.165, 1.54) is 17.0 Å². The van der Waals surface area contributed by atoms with Gasteiger partial charge in [-0.3, -0.25) is 4.90 Å². The zero-order valence-electron chi connectivity index (χ0n) is 9.88. The Morgan fingerprint density at radius 3 is 3.05 bits per heavy atom. The van der Waals surface area contributed by atoms with Crippen LogP contribution in [0.15, 0.2) is 28.8 Å². The van der Waals surface area contributed by atoms with Crippen LogP contribution in [-0.2, 0) is 11.3 Å². The van der Waals surface area contributed by atoms with Crippen LogP contribution < -0.4 is 0 Å². The summed E-state index contributed by atoms with van der Waals surface area (Å²) >= 11 is 0. The first-order chi connectivity index (χ1) is 9.22. The van der Waals surface area contributed by atoms with Crippen molar-refractivity contribution < 1.29 is 18.4 Å². The van der Waals surface area contributed by atoms with E-state index < -0.39 is 6.09 Å². The lowest BCUT2D eigenvalue weighted by atomic mass is 10.2. The highest BCUT2D eigenvalue weighted by molar-refractivity contribution is 5.69. The lowest BCUT2D eigenvalue weighted by molar-refractivity contribution is 0.154. The van der Waals surface area contributed by atoms with Crippen molar-refractivity contribution in [2.24, 2.45) is 0 Å². The highest BCUT2D eigenvalue weighted by atomic mass is 19.1. The smallest absolute Gasteiger partial charge is 0.410 e. The second-order valence-electron chi connectivity index (χ2n) is 4.06. The largest absolute Gasteiger partial charge is 0.448 e. The minimum Gasteiger partial charge on any atom is -0.448 e. The third-order valence-electron chi connectivity index (χ3n) is 2.72. The summed E-state index contributed by atoms with van der Waals surface area (Å²) in [5.41, 5.74) is 0.527. The second-order valence-corrected chi connectivity index (χ2v) is 4.06.